The van der Waals surface area contributed by atoms with Crippen molar-refractivity contribution in [3.8, 4) is 0 Å². The van der Waals surface area contributed by atoms with Gasteiger partial charge in [0, 0.05) is 12.2 Å². The Kier molecular flexibility index (Phi) is 16.0. The van der Waals surface area contributed by atoms with E-state index >= 15 is 0 Å². The highest BCUT2D eigenvalue weighted by molar-refractivity contribution is 5.86. The van der Waals surface area contributed by atoms with Crippen LogP contribution in [0.4, 0.5) is 0 Å². The number of hydrogen-bond donors (Lipinski definition) is 0. The Morgan fingerprint density at radius 3 is 2.29 bits per heavy atom. The van der Waals surface area contributed by atoms with Crippen LogP contribution in [0.15, 0.2) is 24.8 Å². The number of carbonyl (C=O) groups excluding carboxylic acids is 1. The summed E-state index contributed by atoms with van der Waals surface area (Å²) in [7, 11) is 0. The van der Waals surface area contributed by atoms with Crippen LogP contribution in [0.25, 0.3) is 0 Å². The standard InChI is InChI=1S/C11H20O3.C3H6/c1-4-5-6-7-13-8-9-14-11(12)10(2)3;1-3-2/h2,4-9H2,1,3H3;3H,1H2,2H3. The van der Waals surface area contributed by atoms with Crippen LogP contribution in [0.2, 0.25) is 0 Å². The predicted molar refractivity (Wildman–Crippen MR) is 72.0 cm³/mol. The maximum Gasteiger partial charge on any atom is 0.333 e. The molecule has 0 saturated heterocycles. The monoisotopic (exact) mass is 242 g/mol. The highest BCUT2D eigenvalue weighted by atomic mass is 16.6. The van der Waals surface area contributed by atoms with Crippen molar-refractivity contribution in [1.82, 2.24) is 0 Å². The van der Waals surface area contributed by atoms with E-state index in [-0.39, 0.29) is 5.97 Å². The molecule has 0 aliphatic carbocycles. The zero-order valence-corrected chi connectivity index (χ0v) is 11.5. The third-order valence-corrected chi connectivity index (χ3v) is 1.70. The smallest absolute Gasteiger partial charge is 0.333 e. The molecule has 0 rings (SSSR count). The summed E-state index contributed by atoms with van der Waals surface area (Å²) in [6, 6.07) is 0. The van der Waals surface area contributed by atoms with Gasteiger partial charge in [0.05, 0.1) is 6.61 Å². The maximum atomic E-state index is 10.9. The highest BCUT2D eigenvalue weighted by Crippen LogP contribution is 1.95. The van der Waals surface area contributed by atoms with Crippen molar-refractivity contribution in [3.63, 3.8) is 0 Å². The molecule has 0 saturated carbocycles. The Morgan fingerprint density at radius 2 is 1.82 bits per heavy atom. The number of hydrogen-bond acceptors (Lipinski definition) is 3. The van der Waals surface area contributed by atoms with Gasteiger partial charge in [0.2, 0.25) is 0 Å². The zero-order chi connectivity index (χ0) is 13.5. The maximum absolute atomic E-state index is 10.9. The number of rotatable bonds is 8. The van der Waals surface area contributed by atoms with E-state index < -0.39 is 0 Å². The lowest BCUT2D eigenvalue weighted by Gasteiger charge is -2.05. The van der Waals surface area contributed by atoms with Gasteiger partial charge in [0.15, 0.2) is 0 Å². The van der Waals surface area contributed by atoms with Crippen LogP contribution in [0.5, 0.6) is 0 Å². The Morgan fingerprint density at radius 1 is 1.24 bits per heavy atom. The molecule has 0 unspecified atom stereocenters. The highest BCUT2D eigenvalue weighted by Gasteiger charge is 2.01. The molecule has 0 aromatic rings. The Hall–Kier alpha value is -1.09. The molecule has 0 atom stereocenters. The molecule has 0 N–H and O–H groups in total. The SMILES string of the molecule is C=C(C)C(=O)OCCOCCCCC.C=CC. The zero-order valence-electron chi connectivity index (χ0n) is 11.5. The van der Waals surface area contributed by atoms with Gasteiger partial charge in [0.25, 0.3) is 0 Å². The second kappa shape index (κ2) is 14.9. The minimum Gasteiger partial charge on any atom is -0.460 e. The van der Waals surface area contributed by atoms with Crippen molar-refractivity contribution in [2.24, 2.45) is 0 Å². The Bertz CT molecular complexity index is 210. The van der Waals surface area contributed by atoms with Crippen molar-refractivity contribution in [1.29, 1.82) is 0 Å². The van der Waals surface area contributed by atoms with Gasteiger partial charge in [-0.3, -0.25) is 0 Å². The van der Waals surface area contributed by atoms with Crippen LogP contribution in [-0.2, 0) is 14.3 Å². The van der Waals surface area contributed by atoms with E-state index in [2.05, 4.69) is 20.1 Å². The molecule has 3 nitrogen and oxygen atoms in total. The average Bonchev–Trinajstić information content (AvgIpc) is 2.28. The molecule has 0 aliphatic rings. The first-order valence-electron chi connectivity index (χ1n) is 6.07. The summed E-state index contributed by atoms with van der Waals surface area (Å²) in [5, 5.41) is 0. The van der Waals surface area contributed by atoms with E-state index in [0.717, 1.165) is 13.0 Å². The number of ether oxygens (including phenoxy) is 2. The largest absolute Gasteiger partial charge is 0.460 e. The van der Waals surface area contributed by atoms with Crippen molar-refractivity contribution in [2.45, 2.75) is 40.0 Å². The van der Waals surface area contributed by atoms with Crippen LogP contribution in [-0.4, -0.2) is 25.8 Å². The molecule has 0 radical (unpaired) electrons. The van der Waals surface area contributed by atoms with Gasteiger partial charge in [-0.15, -0.1) is 6.58 Å². The number of allylic oxidation sites excluding steroid dienone is 1. The third kappa shape index (κ3) is 17.5. The molecule has 0 fully saturated rings. The lowest BCUT2D eigenvalue weighted by molar-refractivity contribution is -0.140. The first-order chi connectivity index (χ1) is 8.09. The van der Waals surface area contributed by atoms with E-state index in [1.54, 1.807) is 13.0 Å². The molecule has 17 heavy (non-hydrogen) atoms. The first-order valence-corrected chi connectivity index (χ1v) is 6.07. The van der Waals surface area contributed by atoms with E-state index in [1.807, 2.05) is 6.92 Å². The van der Waals surface area contributed by atoms with Crippen LogP contribution < -0.4 is 0 Å². The van der Waals surface area contributed by atoms with E-state index in [9.17, 15) is 4.79 Å². The number of unbranched alkanes of at least 4 members (excludes halogenated alkanes) is 2. The van der Waals surface area contributed by atoms with Gasteiger partial charge in [-0.25, -0.2) is 4.79 Å². The minimum absolute atomic E-state index is 0.317. The van der Waals surface area contributed by atoms with E-state index in [1.165, 1.54) is 12.8 Å². The topological polar surface area (TPSA) is 35.5 Å². The number of esters is 1. The van der Waals surface area contributed by atoms with Gasteiger partial charge >= 0.3 is 5.97 Å². The van der Waals surface area contributed by atoms with E-state index in [0.29, 0.717) is 18.8 Å². The van der Waals surface area contributed by atoms with Gasteiger partial charge in [0.1, 0.15) is 6.61 Å². The predicted octanol–water partition coefficient (Wildman–Crippen LogP) is 3.50. The van der Waals surface area contributed by atoms with Crippen molar-refractivity contribution in [2.75, 3.05) is 19.8 Å². The van der Waals surface area contributed by atoms with Crippen molar-refractivity contribution >= 4 is 5.97 Å². The lowest BCUT2D eigenvalue weighted by Crippen LogP contribution is -2.11. The van der Waals surface area contributed by atoms with Gasteiger partial charge in [-0.2, -0.15) is 0 Å². The fraction of sp³-hybridized carbons (Fsp3) is 0.643. The van der Waals surface area contributed by atoms with Crippen molar-refractivity contribution < 1.29 is 14.3 Å². The quantitative estimate of drug-likeness (QED) is 0.283. The fourth-order valence-electron chi connectivity index (χ4n) is 0.873. The van der Waals surface area contributed by atoms with Gasteiger partial charge in [-0.1, -0.05) is 32.4 Å². The Labute approximate surface area is 105 Å². The normalized spacial score (nSPS) is 8.88. The van der Waals surface area contributed by atoms with Crippen LogP contribution in [0.1, 0.15) is 40.0 Å². The average molecular weight is 242 g/mol. The first kappa shape index (κ1) is 18.3. The summed E-state index contributed by atoms with van der Waals surface area (Å²) in [4.78, 5) is 10.9. The molecule has 0 heterocycles. The lowest BCUT2D eigenvalue weighted by atomic mass is 10.3. The Balaban J connectivity index is 0. The molecule has 0 aromatic carbocycles. The van der Waals surface area contributed by atoms with Crippen molar-refractivity contribution in [3.05, 3.63) is 24.8 Å². The third-order valence-electron chi connectivity index (χ3n) is 1.70. The summed E-state index contributed by atoms with van der Waals surface area (Å²) in [6.07, 6.45) is 5.20. The summed E-state index contributed by atoms with van der Waals surface area (Å²) < 4.78 is 10.1. The van der Waals surface area contributed by atoms with Crippen LogP contribution in [0.3, 0.4) is 0 Å². The molecule has 0 spiro atoms. The van der Waals surface area contributed by atoms with Crippen LogP contribution in [0, 0.1) is 0 Å². The molecular formula is C14H26O3. The van der Waals surface area contributed by atoms with Gasteiger partial charge < -0.3 is 9.47 Å². The minimum atomic E-state index is -0.345. The summed E-state index contributed by atoms with van der Waals surface area (Å²) >= 11 is 0. The number of carbonyl (C=O) groups is 1. The second-order valence-corrected chi connectivity index (χ2v) is 3.64. The molecule has 100 valence electrons. The summed E-state index contributed by atoms with van der Waals surface area (Å²) in [6.45, 7) is 14.0. The summed E-state index contributed by atoms with van der Waals surface area (Å²) in [5.74, 6) is -0.345. The summed E-state index contributed by atoms with van der Waals surface area (Å²) in [5.41, 5.74) is 0.427. The molecule has 0 aliphatic heterocycles. The molecule has 0 aromatic heterocycles. The van der Waals surface area contributed by atoms with Crippen LogP contribution >= 0.6 is 0 Å². The molecule has 0 amide bonds. The molecule has 0 bridgehead atoms. The van der Waals surface area contributed by atoms with E-state index in [4.69, 9.17) is 9.47 Å². The second-order valence-electron chi connectivity index (χ2n) is 3.64. The fourth-order valence-corrected chi connectivity index (χ4v) is 0.873. The molecular weight excluding hydrogens is 216 g/mol. The van der Waals surface area contributed by atoms with Gasteiger partial charge in [-0.05, 0) is 20.3 Å². The molecule has 3 heteroatoms.